The van der Waals surface area contributed by atoms with Crippen LogP contribution in [0.15, 0.2) is 40.9 Å². The topological polar surface area (TPSA) is 140 Å². The maximum Gasteiger partial charge on any atom is 0.294 e. The molecular formula is C15H19N3O5S. The molecule has 0 aliphatic heterocycles. The first-order valence-electron chi connectivity index (χ1n) is 7.22. The second kappa shape index (κ2) is 9.67. The molecular weight excluding hydrogens is 334 g/mol. The van der Waals surface area contributed by atoms with E-state index in [9.17, 15) is 13.2 Å². The number of benzene rings is 1. The molecule has 0 aromatic heterocycles. The molecule has 8 nitrogen and oxygen atoms in total. The van der Waals surface area contributed by atoms with Crippen LogP contribution in [0.25, 0.3) is 0 Å². The van der Waals surface area contributed by atoms with Crippen molar-refractivity contribution in [3.63, 3.8) is 0 Å². The number of aliphatic hydroxyl groups is 1. The molecule has 24 heavy (non-hydrogen) atoms. The van der Waals surface area contributed by atoms with Crippen LogP contribution in [0.2, 0.25) is 0 Å². The number of anilines is 1. The highest BCUT2D eigenvalue weighted by atomic mass is 32.2. The van der Waals surface area contributed by atoms with Crippen LogP contribution >= 0.6 is 0 Å². The normalized spacial score (nSPS) is 11.6. The summed E-state index contributed by atoms with van der Waals surface area (Å²) in [4.78, 5) is 11.7. The quantitative estimate of drug-likeness (QED) is 0.225. The summed E-state index contributed by atoms with van der Waals surface area (Å²) in [6.45, 7) is 0.708. The fraction of sp³-hybridized carbons (Fsp3) is 0.333. The summed E-state index contributed by atoms with van der Waals surface area (Å²) in [7, 11) is -4.29. The van der Waals surface area contributed by atoms with E-state index in [1.165, 1.54) is 18.3 Å². The third-order valence-electron chi connectivity index (χ3n) is 3.00. The van der Waals surface area contributed by atoms with Crippen LogP contribution in [0.1, 0.15) is 19.3 Å². The number of amides is 1. The molecule has 1 aromatic carbocycles. The van der Waals surface area contributed by atoms with Crippen molar-refractivity contribution in [1.82, 2.24) is 5.32 Å². The molecule has 1 amide bonds. The van der Waals surface area contributed by atoms with Gasteiger partial charge in [0.15, 0.2) is 0 Å². The van der Waals surface area contributed by atoms with Gasteiger partial charge in [-0.25, -0.2) is 0 Å². The number of rotatable bonds is 9. The number of hydrogen-bond donors (Lipinski definition) is 4. The largest absolute Gasteiger partial charge is 0.396 e. The molecule has 0 bridgehead atoms. The molecule has 4 N–H and O–H groups in total. The van der Waals surface area contributed by atoms with Crippen LogP contribution in [0, 0.1) is 11.3 Å². The number of nitrogens with one attached hydrogen (secondary N) is 2. The number of unbranched alkanes of at least 4 members (excludes halogenated alkanes) is 2. The molecule has 1 rings (SSSR count). The average molecular weight is 353 g/mol. The van der Waals surface area contributed by atoms with Crippen molar-refractivity contribution in [1.29, 1.82) is 5.26 Å². The van der Waals surface area contributed by atoms with Gasteiger partial charge in [0, 0.05) is 25.0 Å². The Hall–Kier alpha value is -2.41. The standard InChI is InChI=1S/C15H19N3O5S/c16-10-12(11-17-8-2-1-3-9-19)15(20)18-13-4-6-14(7-5-13)24(21,22)23/h4-7,11,17,19H,1-3,8-9H2,(H,18,20)(H,21,22,23)/b12-11-. The Labute approximate surface area is 140 Å². The predicted octanol–water partition coefficient (Wildman–Crippen LogP) is 1.03. The monoisotopic (exact) mass is 353 g/mol. The molecule has 0 aliphatic carbocycles. The maximum atomic E-state index is 11.9. The smallest absolute Gasteiger partial charge is 0.294 e. The van der Waals surface area contributed by atoms with E-state index in [1.54, 1.807) is 6.07 Å². The highest BCUT2D eigenvalue weighted by Gasteiger charge is 2.11. The van der Waals surface area contributed by atoms with Crippen LogP contribution in [-0.2, 0) is 14.9 Å². The number of carbonyl (C=O) groups is 1. The molecule has 0 atom stereocenters. The van der Waals surface area contributed by atoms with Crippen molar-refractivity contribution in [2.75, 3.05) is 18.5 Å². The zero-order valence-electron chi connectivity index (χ0n) is 12.9. The lowest BCUT2D eigenvalue weighted by Gasteiger charge is -2.06. The highest BCUT2D eigenvalue weighted by molar-refractivity contribution is 7.85. The molecule has 1 aromatic rings. The Bertz CT molecular complexity index is 720. The van der Waals surface area contributed by atoms with Crippen molar-refractivity contribution in [3.05, 3.63) is 36.0 Å². The predicted molar refractivity (Wildman–Crippen MR) is 87.5 cm³/mol. The van der Waals surface area contributed by atoms with Gasteiger partial charge in [0.2, 0.25) is 0 Å². The van der Waals surface area contributed by atoms with E-state index in [4.69, 9.17) is 14.9 Å². The Balaban J connectivity index is 2.59. The first-order chi connectivity index (χ1) is 11.4. The van der Waals surface area contributed by atoms with Gasteiger partial charge >= 0.3 is 0 Å². The molecule has 0 fully saturated rings. The fourth-order valence-corrected chi connectivity index (χ4v) is 2.23. The van der Waals surface area contributed by atoms with E-state index in [0.29, 0.717) is 13.0 Å². The average Bonchev–Trinajstić information content (AvgIpc) is 2.54. The van der Waals surface area contributed by atoms with E-state index >= 15 is 0 Å². The summed E-state index contributed by atoms with van der Waals surface area (Å²) in [5.74, 6) is -0.639. The Morgan fingerprint density at radius 1 is 1.21 bits per heavy atom. The van der Waals surface area contributed by atoms with Crippen LogP contribution in [0.3, 0.4) is 0 Å². The summed E-state index contributed by atoms with van der Waals surface area (Å²) in [6.07, 6.45) is 3.65. The number of nitrogens with zero attached hydrogens (tertiary/aromatic N) is 1. The highest BCUT2D eigenvalue weighted by Crippen LogP contribution is 2.14. The summed E-state index contributed by atoms with van der Waals surface area (Å²) in [5, 5.41) is 23.0. The maximum absolute atomic E-state index is 11.9. The summed E-state index contributed by atoms with van der Waals surface area (Å²) in [6, 6.07) is 6.66. The van der Waals surface area contributed by atoms with Crippen LogP contribution < -0.4 is 10.6 Å². The van der Waals surface area contributed by atoms with Crippen LogP contribution in [0.5, 0.6) is 0 Å². The zero-order valence-corrected chi connectivity index (χ0v) is 13.7. The first-order valence-corrected chi connectivity index (χ1v) is 8.66. The van der Waals surface area contributed by atoms with Gasteiger partial charge in [-0.2, -0.15) is 13.7 Å². The lowest BCUT2D eigenvalue weighted by molar-refractivity contribution is -0.112. The molecule has 130 valence electrons. The van der Waals surface area contributed by atoms with Crippen molar-refractivity contribution in [2.45, 2.75) is 24.2 Å². The Morgan fingerprint density at radius 3 is 2.42 bits per heavy atom. The third kappa shape index (κ3) is 6.78. The lowest BCUT2D eigenvalue weighted by Crippen LogP contribution is -2.17. The van der Waals surface area contributed by atoms with Gasteiger partial charge in [-0.05, 0) is 43.5 Å². The van der Waals surface area contributed by atoms with Gasteiger partial charge in [-0.1, -0.05) is 0 Å². The third-order valence-corrected chi connectivity index (χ3v) is 3.87. The summed E-state index contributed by atoms with van der Waals surface area (Å²) in [5.41, 5.74) is 0.160. The van der Waals surface area contributed by atoms with Crippen LogP contribution in [0.4, 0.5) is 5.69 Å². The molecule has 9 heteroatoms. The minimum atomic E-state index is -4.29. The number of hydrogen-bond acceptors (Lipinski definition) is 6. The van der Waals surface area contributed by atoms with E-state index in [-0.39, 0.29) is 22.8 Å². The van der Waals surface area contributed by atoms with Gasteiger partial charge < -0.3 is 15.7 Å². The summed E-state index contributed by atoms with van der Waals surface area (Å²) >= 11 is 0. The van der Waals surface area contributed by atoms with Crippen LogP contribution in [-0.4, -0.2) is 37.1 Å². The summed E-state index contributed by atoms with van der Waals surface area (Å²) < 4.78 is 30.7. The first kappa shape index (κ1) is 19.6. The van der Waals surface area contributed by atoms with Crippen molar-refractivity contribution >= 4 is 21.7 Å². The van der Waals surface area contributed by atoms with Gasteiger partial charge in [0.1, 0.15) is 11.6 Å². The molecule has 0 radical (unpaired) electrons. The molecule has 0 unspecified atom stereocenters. The fourth-order valence-electron chi connectivity index (χ4n) is 1.75. The molecule has 0 aliphatic rings. The van der Waals surface area contributed by atoms with Crippen molar-refractivity contribution in [2.24, 2.45) is 0 Å². The SMILES string of the molecule is N#C/C(=C/NCCCCCO)C(=O)Nc1ccc(S(=O)(=O)O)cc1. The number of aliphatic hydroxyl groups excluding tert-OH is 1. The van der Waals surface area contributed by atoms with E-state index in [1.807, 2.05) is 0 Å². The zero-order chi connectivity index (χ0) is 18.0. The van der Waals surface area contributed by atoms with Gasteiger partial charge in [0.05, 0.1) is 4.90 Å². The van der Waals surface area contributed by atoms with E-state index < -0.39 is 16.0 Å². The minimum absolute atomic E-state index is 0.129. The Morgan fingerprint density at radius 2 is 1.88 bits per heavy atom. The second-order valence-corrected chi connectivity index (χ2v) is 6.28. The van der Waals surface area contributed by atoms with Crippen molar-refractivity contribution < 1.29 is 22.9 Å². The molecule has 0 saturated heterocycles. The van der Waals surface area contributed by atoms with E-state index in [2.05, 4.69) is 10.6 Å². The van der Waals surface area contributed by atoms with Gasteiger partial charge in [0.25, 0.3) is 16.0 Å². The molecule has 0 spiro atoms. The van der Waals surface area contributed by atoms with Gasteiger partial charge in [-0.15, -0.1) is 0 Å². The molecule has 0 saturated carbocycles. The molecule has 0 heterocycles. The number of carbonyl (C=O) groups excluding carboxylic acids is 1. The Kier molecular flexibility index (Phi) is 7.91. The lowest BCUT2D eigenvalue weighted by atomic mass is 10.2. The minimum Gasteiger partial charge on any atom is -0.396 e. The number of nitriles is 1. The second-order valence-electron chi connectivity index (χ2n) is 4.86. The van der Waals surface area contributed by atoms with Gasteiger partial charge in [-0.3, -0.25) is 9.35 Å². The van der Waals surface area contributed by atoms with Crippen molar-refractivity contribution in [3.8, 4) is 6.07 Å². The van der Waals surface area contributed by atoms with E-state index in [0.717, 1.165) is 25.0 Å².